The molecule has 6 heteroatoms. The molecular weight excluding hydrogens is 368 g/mol. The Morgan fingerprint density at radius 3 is 2.31 bits per heavy atom. The first-order valence-corrected chi connectivity index (χ1v) is 8.87. The van der Waals surface area contributed by atoms with Gasteiger partial charge in [0.1, 0.15) is 17.2 Å². The number of hydrogen-bond acceptors (Lipinski definition) is 4. The van der Waals surface area contributed by atoms with Gasteiger partial charge in [-0.25, -0.2) is 0 Å². The third kappa shape index (κ3) is 5.46. The number of rotatable bonds is 6. The topological polar surface area (TPSA) is 87.7 Å². The summed E-state index contributed by atoms with van der Waals surface area (Å²) in [4.78, 5) is 25.4. The third-order valence-corrected chi connectivity index (χ3v) is 4.06. The van der Waals surface area contributed by atoms with Crippen molar-refractivity contribution in [3.63, 3.8) is 0 Å². The number of amides is 2. The molecule has 3 aromatic rings. The van der Waals surface area contributed by atoms with Crippen LogP contribution in [0.15, 0.2) is 84.6 Å². The first-order valence-electron chi connectivity index (χ1n) is 8.87. The SMILES string of the molecule is COc1ccc(C=C(NC(=O)c2ccccc2)C(=O)Nc2cccc(O)c2)cc1. The summed E-state index contributed by atoms with van der Waals surface area (Å²) >= 11 is 0. The monoisotopic (exact) mass is 388 g/mol. The minimum atomic E-state index is -0.518. The van der Waals surface area contributed by atoms with Crippen molar-refractivity contribution in [1.82, 2.24) is 5.32 Å². The van der Waals surface area contributed by atoms with Crippen LogP contribution in [-0.4, -0.2) is 24.0 Å². The summed E-state index contributed by atoms with van der Waals surface area (Å²) in [7, 11) is 1.57. The smallest absolute Gasteiger partial charge is 0.272 e. The number of anilines is 1. The van der Waals surface area contributed by atoms with E-state index in [0.717, 1.165) is 0 Å². The van der Waals surface area contributed by atoms with Crippen LogP contribution in [-0.2, 0) is 4.79 Å². The van der Waals surface area contributed by atoms with Crippen molar-refractivity contribution in [3.8, 4) is 11.5 Å². The average Bonchev–Trinajstić information content (AvgIpc) is 2.74. The Balaban J connectivity index is 1.88. The first kappa shape index (κ1) is 19.7. The third-order valence-electron chi connectivity index (χ3n) is 4.06. The number of nitrogens with one attached hydrogen (secondary N) is 2. The number of phenolic OH excluding ortho intramolecular Hbond substituents is 1. The van der Waals surface area contributed by atoms with E-state index in [1.807, 2.05) is 0 Å². The summed E-state index contributed by atoms with van der Waals surface area (Å²) in [6, 6.07) is 21.9. The van der Waals surface area contributed by atoms with Gasteiger partial charge in [-0.2, -0.15) is 0 Å². The van der Waals surface area contributed by atoms with Gasteiger partial charge in [0, 0.05) is 17.3 Å². The maximum Gasteiger partial charge on any atom is 0.272 e. The summed E-state index contributed by atoms with van der Waals surface area (Å²) in [5.74, 6) is -0.217. The Hall–Kier alpha value is -4.06. The first-order chi connectivity index (χ1) is 14.0. The van der Waals surface area contributed by atoms with Crippen LogP contribution in [0, 0.1) is 0 Å². The van der Waals surface area contributed by atoms with Crippen LogP contribution in [0.2, 0.25) is 0 Å². The van der Waals surface area contributed by atoms with Crippen molar-refractivity contribution in [2.24, 2.45) is 0 Å². The Kier molecular flexibility index (Phi) is 6.27. The fraction of sp³-hybridized carbons (Fsp3) is 0.0435. The molecule has 0 heterocycles. The lowest BCUT2D eigenvalue weighted by atomic mass is 10.1. The highest BCUT2D eigenvalue weighted by atomic mass is 16.5. The average molecular weight is 388 g/mol. The van der Waals surface area contributed by atoms with Crippen LogP contribution in [0.1, 0.15) is 15.9 Å². The van der Waals surface area contributed by atoms with Gasteiger partial charge in [0.15, 0.2) is 0 Å². The molecule has 6 nitrogen and oxygen atoms in total. The molecule has 3 aromatic carbocycles. The van der Waals surface area contributed by atoms with E-state index in [1.54, 1.807) is 79.9 Å². The van der Waals surface area contributed by atoms with E-state index in [9.17, 15) is 14.7 Å². The summed E-state index contributed by atoms with van der Waals surface area (Å²) < 4.78 is 5.14. The molecule has 0 bridgehead atoms. The second-order valence-corrected chi connectivity index (χ2v) is 6.16. The van der Waals surface area contributed by atoms with Gasteiger partial charge < -0.3 is 20.5 Å². The maximum absolute atomic E-state index is 12.8. The predicted molar refractivity (Wildman–Crippen MR) is 112 cm³/mol. The van der Waals surface area contributed by atoms with Crippen LogP contribution >= 0.6 is 0 Å². The number of carbonyl (C=O) groups is 2. The normalized spacial score (nSPS) is 10.9. The molecule has 29 heavy (non-hydrogen) atoms. The molecule has 0 saturated heterocycles. The summed E-state index contributed by atoms with van der Waals surface area (Å²) in [5, 5.41) is 14.9. The molecule has 146 valence electrons. The number of hydrogen-bond donors (Lipinski definition) is 3. The van der Waals surface area contributed by atoms with Gasteiger partial charge in [-0.15, -0.1) is 0 Å². The Labute approximate surface area is 168 Å². The van der Waals surface area contributed by atoms with Crippen molar-refractivity contribution in [3.05, 3.63) is 95.7 Å². The van der Waals surface area contributed by atoms with Gasteiger partial charge in [0.05, 0.1) is 7.11 Å². The number of ether oxygens (including phenoxy) is 1. The number of carbonyl (C=O) groups excluding carboxylic acids is 2. The number of benzene rings is 3. The molecule has 0 atom stereocenters. The number of methoxy groups -OCH3 is 1. The van der Waals surface area contributed by atoms with Crippen molar-refractivity contribution >= 4 is 23.6 Å². The predicted octanol–water partition coefficient (Wildman–Crippen LogP) is 3.81. The van der Waals surface area contributed by atoms with E-state index in [0.29, 0.717) is 22.6 Å². The zero-order valence-corrected chi connectivity index (χ0v) is 15.8. The Morgan fingerprint density at radius 2 is 1.66 bits per heavy atom. The fourth-order valence-electron chi connectivity index (χ4n) is 2.59. The zero-order valence-electron chi connectivity index (χ0n) is 15.8. The van der Waals surface area contributed by atoms with E-state index < -0.39 is 11.8 Å². The van der Waals surface area contributed by atoms with Gasteiger partial charge >= 0.3 is 0 Å². The van der Waals surface area contributed by atoms with Gasteiger partial charge in [0.25, 0.3) is 11.8 Å². The summed E-state index contributed by atoms with van der Waals surface area (Å²) in [5.41, 5.74) is 1.61. The molecule has 2 amide bonds. The van der Waals surface area contributed by atoms with E-state index >= 15 is 0 Å². The quantitative estimate of drug-likeness (QED) is 0.561. The maximum atomic E-state index is 12.8. The summed E-state index contributed by atoms with van der Waals surface area (Å²) in [6.45, 7) is 0. The molecule has 0 aromatic heterocycles. The largest absolute Gasteiger partial charge is 0.508 e. The molecule has 3 N–H and O–H groups in total. The van der Waals surface area contributed by atoms with E-state index in [-0.39, 0.29) is 11.4 Å². The van der Waals surface area contributed by atoms with Crippen molar-refractivity contribution in [1.29, 1.82) is 0 Å². The molecule has 0 spiro atoms. The Bertz CT molecular complexity index is 1030. The van der Waals surface area contributed by atoms with Crippen LogP contribution < -0.4 is 15.4 Å². The minimum absolute atomic E-state index is 0.0248. The number of phenols is 1. The van der Waals surface area contributed by atoms with E-state index in [1.165, 1.54) is 12.1 Å². The standard InChI is InChI=1S/C23H20N2O4/c1-29-20-12-10-16(11-13-20)14-21(25-22(27)17-6-3-2-4-7-17)23(28)24-18-8-5-9-19(26)15-18/h2-15,26H,1H3,(H,24,28)(H,25,27). The van der Waals surface area contributed by atoms with Gasteiger partial charge in [-0.05, 0) is 48.0 Å². The zero-order chi connectivity index (χ0) is 20.6. The highest BCUT2D eigenvalue weighted by molar-refractivity contribution is 6.10. The van der Waals surface area contributed by atoms with Gasteiger partial charge in [-0.3, -0.25) is 9.59 Å². The highest BCUT2D eigenvalue weighted by Gasteiger charge is 2.15. The van der Waals surface area contributed by atoms with Crippen molar-refractivity contribution in [2.75, 3.05) is 12.4 Å². The molecule has 0 unspecified atom stereocenters. The fourth-order valence-corrected chi connectivity index (χ4v) is 2.59. The molecule has 0 radical (unpaired) electrons. The minimum Gasteiger partial charge on any atom is -0.508 e. The molecule has 0 saturated carbocycles. The molecule has 0 aliphatic heterocycles. The Morgan fingerprint density at radius 1 is 0.931 bits per heavy atom. The van der Waals surface area contributed by atoms with E-state index in [4.69, 9.17) is 4.74 Å². The highest BCUT2D eigenvalue weighted by Crippen LogP contribution is 2.18. The molecule has 0 fully saturated rings. The van der Waals surface area contributed by atoms with Crippen LogP contribution in [0.5, 0.6) is 11.5 Å². The summed E-state index contributed by atoms with van der Waals surface area (Å²) in [6.07, 6.45) is 1.57. The van der Waals surface area contributed by atoms with Crippen molar-refractivity contribution in [2.45, 2.75) is 0 Å². The van der Waals surface area contributed by atoms with Crippen LogP contribution in [0.25, 0.3) is 6.08 Å². The van der Waals surface area contributed by atoms with Crippen molar-refractivity contribution < 1.29 is 19.4 Å². The lowest BCUT2D eigenvalue weighted by molar-refractivity contribution is -0.113. The number of aromatic hydroxyl groups is 1. The molecular formula is C23H20N2O4. The molecule has 0 aliphatic carbocycles. The second-order valence-electron chi connectivity index (χ2n) is 6.16. The lowest BCUT2D eigenvalue weighted by Crippen LogP contribution is -2.30. The van der Waals surface area contributed by atoms with Gasteiger partial charge in [0.2, 0.25) is 0 Å². The van der Waals surface area contributed by atoms with Crippen LogP contribution in [0.4, 0.5) is 5.69 Å². The van der Waals surface area contributed by atoms with Gasteiger partial charge in [-0.1, -0.05) is 36.4 Å². The molecule has 0 aliphatic rings. The van der Waals surface area contributed by atoms with E-state index in [2.05, 4.69) is 10.6 Å². The van der Waals surface area contributed by atoms with Crippen LogP contribution in [0.3, 0.4) is 0 Å². The lowest BCUT2D eigenvalue weighted by Gasteiger charge is -2.12. The second kappa shape index (κ2) is 9.23. The molecule has 3 rings (SSSR count).